The van der Waals surface area contributed by atoms with Crippen LogP contribution in [0.1, 0.15) is 0 Å². The van der Waals surface area contributed by atoms with Gasteiger partial charge in [0, 0.05) is 6.07 Å². The average Bonchev–Trinajstić information content (AvgIpc) is 2.03. The maximum atomic E-state index is 9.20. The molecule has 0 spiro atoms. The van der Waals surface area contributed by atoms with Crippen molar-refractivity contribution in [3.05, 3.63) is 30.9 Å². The molecule has 0 aliphatic carbocycles. The first kappa shape index (κ1) is 8.46. The first-order chi connectivity index (χ1) is 5.74. The first-order valence-electron chi connectivity index (χ1n) is 3.49. The third kappa shape index (κ3) is 1.92. The lowest BCUT2D eigenvalue weighted by Gasteiger charge is -2.04. The van der Waals surface area contributed by atoms with E-state index in [1.54, 1.807) is 6.08 Å². The highest BCUT2D eigenvalue weighted by Crippen LogP contribution is 2.29. The van der Waals surface area contributed by atoms with Crippen LogP contribution in [0.4, 0.5) is 0 Å². The second kappa shape index (κ2) is 3.67. The van der Waals surface area contributed by atoms with Crippen LogP contribution in [0.25, 0.3) is 0 Å². The number of hydrogen-bond donors (Lipinski definition) is 2. The summed E-state index contributed by atoms with van der Waals surface area (Å²) in [6.07, 6.45) is 1.58. The van der Waals surface area contributed by atoms with E-state index in [1.165, 1.54) is 18.2 Å². The van der Waals surface area contributed by atoms with Crippen LogP contribution in [0.3, 0.4) is 0 Å². The topological polar surface area (TPSA) is 49.7 Å². The van der Waals surface area contributed by atoms with Crippen LogP contribution in [0.5, 0.6) is 17.2 Å². The molecule has 12 heavy (non-hydrogen) atoms. The van der Waals surface area contributed by atoms with Gasteiger partial charge in [-0.15, -0.1) is 0 Å². The molecule has 64 valence electrons. The molecule has 0 saturated carbocycles. The molecule has 0 amide bonds. The summed E-state index contributed by atoms with van der Waals surface area (Å²) in [5, 5.41) is 18.1. The number of rotatable bonds is 3. The molecule has 2 N–H and O–H groups in total. The fourth-order valence-electron chi connectivity index (χ4n) is 0.777. The predicted octanol–water partition coefficient (Wildman–Crippen LogP) is 1.66. The van der Waals surface area contributed by atoms with Crippen molar-refractivity contribution < 1.29 is 14.9 Å². The van der Waals surface area contributed by atoms with Gasteiger partial charge in [-0.2, -0.15) is 0 Å². The molecule has 0 atom stereocenters. The van der Waals surface area contributed by atoms with E-state index in [-0.39, 0.29) is 11.5 Å². The monoisotopic (exact) mass is 166 g/mol. The van der Waals surface area contributed by atoms with E-state index in [9.17, 15) is 5.11 Å². The lowest BCUT2D eigenvalue weighted by molar-refractivity contribution is 0.334. The smallest absolute Gasteiger partial charge is 0.161 e. The average molecular weight is 166 g/mol. The summed E-state index contributed by atoms with van der Waals surface area (Å²) in [6, 6.07) is 4.16. The van der Waals surface area contributed by atoms with Crippen LogP contribution < -0.4 is 4.74 Å². The predicted molar refractivity (Wildman–Crippen MR) is 45.5 cm³/mol. The van der Waals surface area contributed by atoms with Gasteiger partial charge in [0.25, 0.3) is 0 Å². The minimum Gasteiger partial charge on any atom is -0.508 e. The van der Waals surface area contributed by atoms with Gasteiger partial charge in [-0.25, -0.2) is 0 Å². The van der Waals surface area contributed by atoms with Crippen molar-refractivity contribution in [1.29, 1.82) is 0 Å². The highest BCUT2D eigenvalue weighted by atomic mass is 16.5. The molecule has 1 aromatic rings. The van der Waals surface area contributed by atoms with Crippen LogP contribution in [0, 0.1) is 0 Å². The lowest BCUT2D eigenvalue weighted by atomic mass is 10.3. The van der Waals surface area contributed by atoms with Crippen LogP contribution in [0.2, 0.25) is 0 Å². The van der Waals surface area contributed by atoms with Crippen molar-refractivity contribution >= 4 is 0 Å². The molecule has 1 aromatic carbocycles. The summed E-state index contributed by atoms with van der Waals surface area (Å²) in [6.45, 7) is 3.80. The fraction of sp³-hybridized carbons (Fsp3) is 0.111. The molecule has 0 fully saturated rings. The molecule has 0 aliphatic rings. The summed E-state index contributed by atoms with van der Waals surface area (Å²) >= 11 is 0. The van der Waals surface area contributed by atoms with Crippen molar-refractivity contribution in [2.75, 3.05) is 6.61 Å². The molecular weight excluding hydrogens is 156 g/mol. The van der Waals surface area contributed by atoms with Crippen LogP contribution in [-0.2, 0) is 0 Å². The van der Waals surface area contributed by atoms with Gasteiger partial charge in [-0.1, -0.05) is 12.7 Å². The molecule has 3 heteroatoms. The molecule has 0 bridgehead atoms. The van der Waals surface area contributed by atoms with Gasteiger partial charge in [-0.05, 0) is 12.1 Å². The van der Waals surface area contributed by atoms with Crippen LogP contribution >= 0.6 is 0 Å². The van der Waals surface area contributed by atoms with Crippen LogP contribution in [-0.4, -0.2) is 16.8 Å². The molecule has 3 nitrogen and oxygen atoms in total. The standard InChI is InChI=1S/C9H10O3/c1-2-5-12-9-4-3-7(10)6-8(9)11/h2-4,6,10-11H,1,5H2. The normalized spacial score (nSPS) is 9.33. The van der Waals surface area contributed by atoms with Gasteiger partial charge >= 0.3 is 0 Å². The van der Waals surface area contributed by atoms with E-state index in [2.05, 4.69) is 6.58 Å². The van der Waals surface area contributed by atoms with Crippen molar-refractivity contribution in [3.63, 3.8) is 0 Å². The Morgan fingerprint density at radius 2 is 2.17 bits per heavy atom. The van der Waals surface area contributed by atoms with E-state index in [4.69, 9.17) is 9.84 Å². The third-order valence-electron chi connectivity index (χ3n) is 1.30. The maximum absolute atomic E-state index is 9.20. The van der Waals surface area contributed by atoms with E-state index in [0.717, 1.165) is 0 Å². The number of hydrogen-bond acceptors (Lipinski definition) is 3. The Hall–Kier alpha value is -1.64. The van der Waals surface area contributed by atoms with Crippen molar-refractivity contribution in [1.82, 2.24) is 0 Å². The highest BCUT2D eigenvalue weighted by molar-refractivity contribution is 5.43. The highest BCUT2D eigenvalue weighted by Gasteiger charge is 2.01. The van der Waals surface area contributed by atoms with E-state index >= 15 is 0 Å². The largest absolute Gasteiger partial charge is 0.508 e. The lowest BCUT2D eigenvalue weighted by Crippen LogP contribution is -1.92. The molecule has 0 unspecified atom stereocenters. The SMILES string of the molecule is C=CCOc1ccc(O)cc1O. The Morgan fingerprint density at radius 1 is 1.42 bits per heavy atom. The van der Waals surface area contributed by atoms with E-state index < -0.39 is 0 Å². The fourth-order valence-corrected chi connectivity index (χ4v) is 0.777. The summed E-state index contributed by atoms with van der Waals surface area (Å²) in [7, 11) is 0. The van der Waals surface area contributed by atoms with Crippen LogP contribution in [0.15, 0.2) is 30.9 Å². The van der Waals surface area contributed by atoms with Crippen molar-refractivity contribution in [2.45, 2.75) is 0 Å². The molecule has 0 radical (unpaired) electrons. The second-order valence-corrected chi connectivity index (χ2v) is 2.25. The quantitative estimate of drug-likeness (QED) is 0.671. The molecule has 0 heterocycles. The molecule has 0 aliphatic heterocycles. The Labute approximate surface area is 70.5 Å². The van der Waals surface area contributed by atoms with Crippen molar-refractivity contribution in [3.8, 4) is 17.2 Å². The first-order valence-corrected chi connectivity index (χ1v) is 3.49. The van der Waals surface area contributed by atoms with Crippen molar-refractivity contribution in [2.24, 2.45) is 0 Å². The Balaban J connectivity index is 2.78. The molecule has 0 aromatic heterocycles. The van der Waals surface area contributed by atoms with E-state index in [0.29, 0.717) is 12.4 Å². The molecule has 0 saturated heterocycles. The Kier molecular flexibility index (Phi) is 2.58. The Morgan fingerprint density at radius 3 is 2.75 bits per heavy atom. The minimum absolute atomic E-state index is 0.0125. The number of phenolic OH excluding ortho intramolecular Hbond substituents is 2. The Bertz CT molecular complexity index is 281. The molecule has 1 rings (SSSR count). The third-order valence-corrected chi connectivity index (χ3v) is 1.30. The summed E-state index contributed by atoms with van der Waals surface area (Å²) in [4.78, 5) is 0. The number of benzene rings is 1. The zero-order chi connectivity index (χ0) is 8.97. The summed E-state index contributed by atoms with van der Waals surface area (Å²) in [5.74, 6) is 0.281. The van der Waals surface area contributed by atoms with Gasteiger partial charge in [0.05, 0.1) is 0 Å². The van der Waals surface area contributed by atoms with Gasteiger partial charge < -0.3 is 14.9 Å². The number of aromatic hydroxyl groups is 2. The zero-order valence-electron chi connectivity index (χ0n) is 6.53. The zero-order valence-corrected chi connectivity index (χ0v) is 6.53. The van der Waals surface area contributed by atoms with E-state index in [1.807, 2.05) is 0 Å². The van der Waals surface area contributed by atoms with Gasteiger partial charge in [0.15, 0.2) is 11.5 Å². The molecular formula is C9H10O3. The van der Waals surface area contributed by atoms with Gasteiger partial charge in [0.1, 0.15) is 12.4 Å². The number of phenols is 2. The second-order valence-electron chi connectivity index (χ2n) is 2.25. The minimum atomic E-state index is -0.0724. The number of ether oxygens (including phenoxy) is 1. The summed E-state index contributed by atoms with van der Waals surface area (Å²) in [5.41, 5.74) is 0. The summed E-state index contributed by atoms with van der Waals surface area (Å²) < 4.78 is 5.06. The van der Waals surface area contributed by atoms with Gasteiger partial charge in [0.2, 0.25) is 0 Å². The maximum Gasteiger partial charge on any atom is 0.161 e. The van der Waals surface area contributed by atoms with Gasteiger partial charge in [-0.3, -0.25) is 0 Å².